The summed E-state index contributed by atoms with van der Waals surface area (Å²) in [6, 6.07) is 9.96. The first-order chi connectivity index (χ1) is 10.2. The third-order valence-corrected chi connectivity index (χ3v) is 3.61. The fourth-order valence-electron chi connectivity index (χ4n) is 2.40. The molecule has 5 heteroatoms. The number of rotatable bonds is 3. The van der Waals surface area contributed by atoms with Gasteiger partial charge in [-0.15, -0.1) is 0 Å². The summed E-state index contributed by atoms with van der Waals surface area (Å²) < 4.78 is 19.4. The van der Waals surface area contributed by atoms with Gasteiger partial charge in [0.2, 0.25) is 0 Å². The Morgan fingerprint density at radius 3 is 2.95 bits per heavy atom. The molecule has 0 aromatic heterocycles. The Labute approximate surface area is 126 Å². The van der Waals surface area contributed by atoms with E-state index in [0.29, 0.717) is 29.4 Å². The van der Waals surface area contributed by atoms with E-state index in [0.717, 1.165) is 23.3 Å². The number of nitrogens with zero attached hydrogens (tertiary/aromatic N) is 1. The van der Waals surface area contributed by atoms with Crippen molar-refractivity contribution in [3.8, 4) is 11.8 Å². The minimum absolute atomic E-state index is 0.296. The Balaban J connectivity index is 1.81. The summed E-state index contributed by atoms with van der Waals surface area (Å²) in [5.41, 5.74) is 2.63. The number of hydrogen-bond acceptors (Lipinski definition) is 3. The fourth-order valence-corrected chi connectivity index (χ4v) is 2.66. The summed E-state index contributed by atoms with van der Waals surface area (Å²) in [6.07, 6.45) is 0.841. The van der Waals surface area contributed by atoms with Crippen LogP contribution in [0.5, 0.6) is 5.75 Å². The predicted molar refractivity (Wildman–Crippen MR) is 79.1 cm³/mol. The van der Waals surface area contributed by atoms with Gasteiger partial charge in [0, 0.05) is 23.6 Å². The van der Waals surface area contributed by atoms with E-state index in [1.54, 1.807) is 12.1 Å². The number of anilines is 1. The van der Waals surface area contributed by atoms with E-state index in [9.17, 15) is 4.39 Å². The van der Waals surface area contributed by atoms with Crippen molar-refractivity contribution in [2.45, 2.75) is 13.0 Å². The molecule has 1 heterocycles. The van der Waals surface area contributed by atoms with Crippen LogP contribution in [0.25, 0.3) is 0 Å². The lowest BCUT2D eigenvalue weighted by Gasteiger charge is -2.12. The van der Waals surface area contributed by atoms with Crippen molar-refractivity contribution < 1.29 is 9.13 Å². The SMILES string of the molecule is N#Cc1ccc(NCc2cc(Cl)cc3c2OCC3)c(F)c1. The highest BCUT2D eigenvalue weighted by Gasteiger charge is 2.17. The van der Waals surface area contributed by atoms with Gasteiger partial charge in [-0.25, -0.2) is 4.39 Å². The normalized spacial score (nSPS) is 12.4. The predicted octanol–water partition coefficient (Wildman–Crippen LogP) is 3.90. The lowest BCUT2D eigenvalue weighted by molar-refractivity contribution is 0.354. The minimum Gasteiger partial charge on any atom is -0.493 e. The molecule has 0 aliphatic carbocycles. The lowest BCUT2D eigenvalue weighted by atomic mass is 10.1. The van der Waals surface area contributed by atoms with Gasteiger partial charge in [0.1, 0.15) is 11.6 Å². The Bertz CT molecular complexity index is 740. The number of benzene rings is 2. The number of halogens is 2. The van der Waals surface area contributed by atoms with Crippen molar-refractivity contribution in [2.24, 2.45) is 0 Å². The largest absolute Gasteiger partial charge is 0.493 e. The van der Waals surface area contributed by atoms with E-state index >= 15 is 0 Å². The van der Waals surface area contributed by atoms with E-state index in [1.165, 1.54) is 6.07 Å². The highest BCUT2D eigenvalue weighted by Crippen LogP contribution is 2.33. The summed E-state index contributed by atoms with van der Waals surface area (Å²) in [7, 11) is 0. The molecule has 0 amide bonds. The summed E-state index contributed by atoms with van der Waals surface area (Å²) in [6.45, 7) is 1.06. The quantitative estimate of drug-likeness (QED) is 0.935. The molecule has 1 aliphatic rings. The van der Waals surface area contributed by atoms with Crippen molar-refractivity contribution in [2.75, 3.05) is 11.9 Å². The van der Waals surface area contributed by atoms with Crippen molar-refractivity contribution in [1.29, 1.82) is 5.26 Å². The van der Waals surface area contributed by atoms with Gasteiger partial charge >= 0.3 is 0 Å². The molecule has 106 valence electrons. The fraction of sp³-hybridized carbons (Fsp3) is 0.188. The van der Waals surface area contributed by atoms with Gasteiger partial charge < -0.3 is 10.1 Å². The van der Waals surface area contributed by atoms with Gasteiger partial charge in [-0.05, 0) is 35.9 Å². The molecule has 3 nitrogen and oxygen atoms in total. The Morgan fingerprint density at radius 2 is 2.19 bits per heavy atom. The van der Waals surface area contributed by atoms with Crippen LogP contribution in [0.4, 0.5) is 10.1 Å². The third-order valence-electron chi connectivity index (χ3n) is 3.39. The van der Waals surface area contributed by atoms with Crippen LogP contribution < -0.4 is 10.1 Å². The average molecular weight is 303 g/mol. The smallest absolute Gasteiger partial charge is 0.147 e. The van der Waals surface area contributed by atoms with Gasteiger partial charge in [-0.2, -0.15) is 5.26 Å². The second-order valence-corrected chi connectivity index (χ2v) is 5.25. The van der Waals surface area contributed by atoms with Crippen LogP contribution >= 0.6 is 11.6 Å². The monoisotopic (exact) mass is 302 g/mol. The second-order valence-electron chi connectivity index (χ2n) is 4.81. The molecule has 2 aromatic rings. The average Bonchev–Trinajstić information content (AvgIpc) is 2.93. The standard InChI is InChI=1S/C16H12ClFN2O/c17-13-6-11-3-4-21-16(11)12(7-13)9-20-15-2-1-10(8-19)5-14(15)18/h1-2,5-7,20H,3-4,9H2. The van der Waals surface area contributed by atoms with Crippen molar-refractivity contribution in [3.63, 3.8) is 0 Å². The number of ether oxygens (including phenoxy) is 1. The number of fused-ring (bicyclic) bond motifs is 1. The maximum atomic E-state index is 13.8. The first kappa shape index (κ1) is 13.7. The van der Waals surface area contributed by atoms with Gasteiger partial charge in [-0.1, -0.05) is 11.6 Å². The van der Waals surface area contributed by atoms with Crippen LogP contribution in [-0.2, 0) is 13.0 Å². The van der Waals surface area contributed by atoms with Crippen LogP contribution in [0, 0.1) is 17.1 Å². The highest BCUT2D eigenvalue weighted by molar-refractivity contribution is 6.30. The van der Waals surface area contributed by atoms with E-state index in [2.05, 4.69) is 5.32 Å². The highest BCUT2D eigenvalue weighted by atomic mass is 35.5. The zero-order chi connectivity index (χ0) is 14.8. The zero-order valence-corrected chi connectivity index (χ0v) is 11.9. The number of hydrogen-bond donors (Lipinski definition) is 1. The molecular weight excluding hydrogens is 291 g/mol. The van der Waals surface area contributed by atoms with Gasteiger partial charge in [0.25, 0.3) is 0 Å². The molecule has 1 N–H and O–H groups in total. The molecule has 0 unspecified atom stereocenters. The number of nitriles is 1. The Kier molecular flexibility index (Phi) is 3.68. The topological polar surface area (TPSA) is 45.0 Å². The first-order valence-electron chi connectivity index (χ1n) is 6.55. The summed E-state index contributed by atoms with van der Waals surface area (Å²) >= 11 is 6.09. The maximum absolute atomic E-state index is 13.8. The lowest BCUT2D eigenvalue weighted by Crippen LogP contribution is -2.03. The van der Waals surface area contributed by atoms with Crippen LogP contribution in [0.2, 0.25) is 5.02 Å². The van der Waals surface area contributed by atoms with Crippen molar-refractivity contribution in [3.05, 3.63) is 57.9 Å². The molecule has 1 aliphatic heterocycles. The van der Waals surface area contributed by atoms with E-state index in [4.69, 9.17) is 21.6 Å². The molecule has 2 aromatic carbocycles. The molecule has 0 bridgehead atoms. The van der Waals surface area contributed by atoms with E-state index in [-0.39, 0.29) is 0 Å². The molecule has 3 rings (SSSR count). The molecule has 0 spiro atoms. The van der Waals surface area contributed by atoms with Gasteiger partial charge in [-0.3, -0.25) is 0 Å². The minimum atomic E-state index is -0.450. The first-order valence-corrected chi connectivity index (χ1v) is 6.93. The molecule has 21 heavy (non-hydrogen) atoms. The Morgan fingerprint density at radius 1 is 1.33 bits per heavy atom. The van der Waals surface area contributed by atoms with Crippen LogP contribution in [0.1, 0.15) is 16.7 Å². The molecule has 0 radical (unpaired) electrons. The summed E-state index contributed by atoms with van der Waals surface area (Å²) in [4.78, 5) is 0. The van der Waals surface area contributed by atoms with Crippen molar-refractivity contribution >= 4 is 17.3 Å². The zero-order valence-electron chi connectivity index (χ0n) is 11.1. The summed E-state index contributed by atoms with van der Waals surface area (Å²) in [5, 5.41) is 12.4. The Hall–Kier alpha value is -2.25. The molecule has 0 atom stereocenters. The van der Waals surface area contributed by atoms with E-state index in [1.807, 2.05) is 18.2 Å². The van der Waals surface area contributed by atoms with E-state index < -0.39 is 5.82 Å². The van der Waals surface area contributed by atoms with Crippen LogP contribution in [0.15, 0.2) is 30.3 Å². The second kappa shape index (κ2) is 5.63. The maximum Gasteiger partial charge on any atom is 0.147 e. The van der Waals surface area contributed by atoms with Crippen LogP contribution in [-0.4, -0.2) is 6.61 Å². The molecule has 0 saturated carbocycles. The summed E-state index contributed by atoms with van der Waals surface area (Å²) in [5.74, 6) is 0.384. The molecule has 0 fully saturated rings. The van der Waals surface area contributed by atoms with Gasteiger partial charge in [0.05, 0.1) is 23.9 Å². The van der Waals surface area contributed by atoms with Crippen LogP contribution in [0.3, 0.4) is 0 Å². The molecule has 0 saturated heterocycles. The third kappa shape index (κ3) is 2.79. The van der Waals surface area contributed by atoms with Crippen molar-refractivity contribution in [1.82, 2.24) is 0 Å². The number of nitrogens with one attached hydrogen (secondary N) is 1. The van der Waals surface area contributed by atoms with Gasteiger partial charge in [0.15, 0.2) is 0 Å². The molecular formula is C16H12ClFN2O.